The predicted molar refractivity (Wildman–Crippen MR) is 75.0 cm³/mol. The zero-order valence-corrected chi connectivity index (χ0v) is 11.0. The molecule has 5 nitrogen and oxygen atoms in total. The van der Waals surface area contributed by atoms with E-state index in [4.69, 9.17) is 5.73 Å². The Hall–Kier alpha value is -2.14. The number of aryl methyl sites for hydroxylation is 1. The number of hydrogen-bond donors (Lipinski definition) is 1. The van der Waals surface area contributed by atoms with Gasteiger partial charge in [0.25, 0.3) is 5.91 Å². The number of benzene rings is 1. The molecular formula is C14H18N4O. The lowest BCUT2D eigenvalue weighted by Gasteiger charge is -2.22. The first kappa shape index (κ1) is 13.3. The van der Waals surface area contributed by atoms with Crippen LogP contribution >= 0.6 is 0 Å². The van der Waals surface area contributed by atoms with Crippen LogP contribution in [0.3, 0.4) is 0 Å². The smallest absolute Gasteiger partial charge is 0.261 e. The molecule has 0 spiro atoms. The summed E-state index contributed by atoms with van der Waals surface area (Å²) in [4.78, 5) is 14.2. The van der Waals surface area contributed by atoms with Crippen molar-refractivity contribution in [1.29, 1.82) is 0 Å². The van der Waals surface area contributed by atoms with E-state index in [0.29, 0.717) is 18.7 Å². The van der Waals surface area contributed by atoms with E-state index in [1.165, 1.54) is 0 Å². The van der Waals surface area contributed by atoms with Gasteiger partial charge in [-0.25, -0.2) is 0 Å². The summed E-state index contributed by atoms with van der Waals surface area (Å²) in [6, 6.07) is 9.61. The van der Waals surface area contributed by atoms with Gasteiger partial charge in [-0.1, -0.05) is 18.2 Å². The van der Waals surface area contributed by atoms with E-state index in [1.54, 1.807) is 29.0 Å². The maximum Gasteiger partial charge on any atom is 0.261 e. The van der Waals surface area contributed by atoms with Crippen molar-refractivity contribution in [2.45, 2.75) is 6.42 Å². The van der Waals surface area contributed by atoms with E-state index in [9.17, 15) is 4.79 Å². The van der Waals surface area contributed by atoms with Crippen molar-refractivity contribution >= 4 is 11.6 Å². The van der Waals surface area contributed by atoms with Crippen molar-refractivity contribution < 1.29 is 4.79 Å². The topological polar surface area (TPSA) is 64.2 Å². The average molecular weight is 258 g/mol. The summed E-state index contributed by atoms with van der Waals surface area (Å²) in [5.74, 6) is -0.0484. The molecule has 0 unspecified atom stereocenters. The van der Waals surface area contributed by atoms with E-state index in [0.717, 1.165) is 12.1 Å². The standard InChI is InChI=1S/C14H18N4O/c1-17-11-12(10-16-17)14(19)18(9-5-8-15)13-6-3-2-4-7-13/h2-4,6-7,10-11H,5,8-9,15H2,1H3. The van der Waals surface area contributed by atoms with Crippen LogP contribution in [0.1, 0.15) is 16.8 Å². The molecule has 2 aromatic rings. The molecule has 0 radical (unpaired) electrons. The van der Waals surface area contributed by atoms with Gasteiger partial charge in [-0.15, -0.1) is 0 Å². The number of rotatable bonds is 5. The minimum absolute atomic E-state index is 0.0484. The quantitative estimate of drug-likeness (QED) is 0.882. The van der Waals surface area contributed by atoms with E-state index in [2.05, 4.69) is 5.10 Å². The third-order valence-electron chi connectivity index (χ3n) is 2.85. The van der Waals surface area contributed by atoms with Crippen LogP contribution in [0.25, 0.3) is 0 Å². The summed E-state index contributed by atoms with van der Waals surface area (Å²) in [5, 5.41) is 4.04. The van der Waals surface area contributed by atoms with Crippen LogP contribution in [0.15, 0.2) is 42.7 Å². The monoisotopic (exact) mass is 258 g/mol. The lowest BCUT2D eigenvalue weighted by Crippen LogP contribution is -2.32. The van der Waals surface area contributed by atoms with Crippen LogP contribution in [0.2, 0.25) is 0 Å². The Morgan fingerprint density at radius 2 is 2.11 bits per heavy atom. The largest absolute Gasteiger partial charge is 0.330 e. The Morgan fingerprint density at radius 1 is 1.37 bits per heavy atom. The molecule has 1 aromatic carbocycles. The van der Waals surface area contributed by atoms with E-state index >= 15 is 0 Å². The van der Waals surface area contributed by atoms with Gasteiger partial charge in [-0.3, -0.25) is 9.48 Å². The number of nitrogens with two attached hydrogens (primary N) is 1. The Labute approximate surface area is 112 Å². The Bertz CT molecular complexity index is 535. The van der Waals surface area contributed by atoms with Crippen LogP contribution in [-0.4, -0.2) is 28.8 Å². The van der Waals surface area contributed by atoms with Crippen LogP contribution < -0.4 is 10.6 Å². The summed E-state index contributed by atoms with van der Waals surface area (Å²) >= 11 is 0. The number of hydrogen-bond acceptors (Lipinski definition) is 3. The Kier molecular flexibility index (Phi) is 4.30. The van der Waals surface area contributed by atoms with Crippen LogP contribution in [-0.2, 0) is 7.05 Å². The molecule has 100 valence electrons. The van der Waals surface area contributed by atoms with Gasteiger partial charge in [0.05, 0.1) is 11.8 Å². The summed E-state index contributed by atoms with van der Waals surface area (Å²) in [5.41, 5.74) is 7.01. The predicted octanol–water partition coefficient (Wildman–Crippen LogP) is 1.42. The molecule has 0 fully saturated rings. The van der Waals surface area contributed by atoms with E-state index < -0.39 is 0 Å². The minimum atomic E-state index is -0.0484. The second-order valence-corrected chi connectivity index (χ2v) is 4.34. The molecule has 0 aliphatic carbocycles. The molecule has 0 bridgehead atoms. The molecule has 0 aliphatic rings. The average Bonchev–Trinajstić information content (AvgIpc) is 2.87. The fourth-order valence-electron chi connectivity index (χ4n) is 1.89. The maximum atomic E-state index is 12.5. The van der Waals surface area contributed by atoms with Crippen molar-refractivity contribution in [3.8, 4) is 0 Å². The normalized spacial score (nSPS) is 10.4. The molecule has 2 N–H and O–H groups in total. The van der Waals surface area contributed by atoms with Gasteiger partial charge in [0.2, 0.25) is 0 Å². The molecule has 1 aromatic heterocycles. The van der Waals surface area contributed by atoms with Gasteiger partial charge in [0.1, 0.15) is 0 Å². The van der Waals surface area contributed by atoms with Crippen molar-refractivity contribution in [2.75, 3.05) is 18.0 Å². The SMILES string of the molecule is Cn1cc(C(=O)N(CCCN)c2ccccc2)cn1. The summed E-state index contributed by atoms with van der Waals surface area (Å²) in [7, 11) is 1.80. The summed E-state index contributed by atoms with van der Waals surface area (Å²) in [6.45, 7) is 1.16. The van der Waals surface area contributed by atoms with E-state index in [1.807, 2.05) is 30.3 Å². The zero-order chi connectivity index (χ0) is 13.7. The summed E-state index contributed by atoms with van der Waals surface area (Å²) < 4.78 is 1.62. The van der Waals surface area contributed by atoms with Crippen LogP contribution in [0.4, 0.5) is 5.69 Å². The van der Waals surface area contributed by atoms with Crippen LogP contribution in [0, 0.1) is 0 Å². The molecule has 2 rings (SSSR count). The zero-order valence-electron chi connectivity index (χ0n) is 11.0. The number of carbonyl (C=O) groups excluding carboxylic acids is 1. The number of aromatic nitrogens is 2. The number of amides is 1. The molecule has 0 atom stereocenters. The molecule has 1 amide bonds. The van der Waals surface area contributed by atoms with Crippen molar-refractivity contribution in [3.63, 3.8) is 0 Å². The maximum absolute atomic E-state index is 12.5. The molecule has 19 heavy (non-hydrogen) atoms. The van der Waals surface area contributed by atoms with Gasteiger partial charge < -0.3 is 10.6 Å². The van der Waals surface area contributed by atoms with Gasteiger partial charge in [0, 0.05) is 25.5 Å². The molecule has 5 heteroatoms. The highest BCUT2D eigenvalue weighted by atomic mass is 16.2. The van der Waals surface area contributed by atoms with Crippen molar-refractivity contribution in [3.05, 3.63) is 48.3 Å². The minimum Gasteiger partial charge on any atom is -0.330 e. The Balaban J connectivity index is 2.25. The Morgan fingerprint density at radius 3 is 2.68 bits per heavy atom. The lowest BCUT2D eigenvalue weighted by molar-refractivity contribution is 0.0986. The number of nitrogens with zero attached hydrogens (tertiary/aromatic N) is 3. The van der Waals surface area contributed by atoms with Gasteiger partial charge in [0.15, 0.2) is 0 Å². The second kappa shape index (κ2) is 6.15. The van der Waals surface area contributed by atoms with Crippen molar-refractivity contribution in [2.24, 2.45) is 12.8 Å². The highest BCUT2D eigenvalue weighted by molar-refractivity contribution is 6.05. The lowest BCUT2D eigenvalue weighted by atomic mass is 10.2. The molecular weight excluding hydrogens is 240 g/mol. The highest BCUT2D eigenvalue weighted by Gasteiger charge is 2.18. The first-order valence-electron chi connectivity index (χ1n) is 6.28. The molecule has 0 saturated heterocycles. The molecule has 0 saturated carbocycles. The van der Waals surface area contributed by atoms with Gasteiger partial charge >= 0.3 is 0 Å². The first-order valence-corrected chi connectivity index (χ1v) is 6.28. The third kappa shape index (κ3) is 3.20. The van der Waals surface area contributed by atoms with Crippen molar-refractivity contribution in [1.82, 2.24) is 9.78 Å². The number of anilines is 1. The van der Waals surface area contributed by atoms with E-state index in [-0.39, 0.29) is 5.91 Å². The third-order valence-corrected chi connectivity index (χ3v) is 2.85. The van der Waals surface area contributed by atoms with Gasteiger partial charge in [-0.2, -0.15) is 5.10 Å². The van der Waals surface area contributed by atoms with Crippen LogP contribution in [0.5, 0.6) is 0 Å². The highest BCUT2D eigenvalue weighted by Crippen LogP contribution is 2.16. The van der Waals surface area contributed by atoms with Gasteiger partial charge in [-0.05, 0) is 25.1 Å². The fourth-order valence-corrected chi connectivity index (χ4v) is 1.89. The summed E-state index contributed by atoms with van der Waals surface area (Å²) in [6.07, 6.45) is 4.07. The first-order chi connectivity index (χ1) is 9.22. The second-order valence-electron chi connectivity index (χ2n) is 4.34. The molecule has 1 heterocycles. The molecule has 0 aliphatic heterocycles. The fraction of sp³-hybridized carbons (Fsp3) is 0.286. The number of para-hydroxylation sites is 1. The number of carbonyl (C=O) groups is 1.